The van der Waals surface area contributed by atoms with Crippen molar-refractivity contribution in [3.8, 4) is 0 Å². The van der Waals surface area contributed by atoms with Crippen molar-refractivity contribution in [3.05, 3.63) is 0 Å². The van der Waals surface area contributed by atoms with Crippen LogP contribution in [-0.4, -0.2) is 48.2 Å². The predicted molar refractivity (Wildman–Crippen MR) is 82.2 cm³/mol. The Labute approximate surface area is 122 Å². The standard InChI is InChI=1S/C12H25N3O2S2/c1-11(2)10-15(9-6-12(13)18)19(16,17)14-7-4-3-5-8-14/h11H,3-10H2,1-2H3,(H2,13,18). The third-order valence-electron chi connectivity index (χ3n) is 3.14. The van der Waals surface area contributed by atoms with Crippen molar-refractivity contribution in [1.29, 1.82) is 0 Å². The van der Waals surface area contributed by atoms with E-state index in [1.54, 1.807) is 4.31 Å². The third kappa shape index (κ3) is 5.33. The summed E-state index contributed by atoms with van der Waals surface area (Å²) in [5.74, 6) is 0.283. The van der Waals surface area contributed by atoms with E-state index in [1.165, 1.54) is 4.31 Å². The van der Waals surface area contributed by atoms with E-state index in [0.29, 0.717) is 37.6 Å². The van der Waals surface area contributed by atoms with Crippen LogP contribution in [0.4, 0.5) is 0 Å². The van der Waals surface area contributed by atoms with Crippen LogP contribution >= 0.6 is 12.2 Å². The Morgan fingerprint density at radius 3 is 2.37 bits per heavy atom. The van der Waals surface area contributed by atoms with Gasteiger partial charge in [0.2, 0.25) is 0 Å². The Hall–Kier alpha value is -0.240. The molecule has 7 heteroatoms. The number of nitrogens with two attached hydrogens (primary N) is 1. The summed E-state index contributed by atoms with van der Waals surface area (Å²) in [4.78, 5) is 0.364. The zero-order valence-corrected chi connectivity index (χ0v) is 13.5. The molecular weight excluding hydrogens is 282 g/mol. The van der Waals surface area contributed by atoms with Crippen molar-refractivity contribution in [2.45, 2.75) is 39.5 Å². The Morgan fingerprint density at radius 1 is 1.32 bits per heavy atom. The van der Waals surface area contributed by atoms with Crippen LogP contribution in [0.1, 0.15) is 39.5 Å². The van der Waals surface area contributed by atoms with Crippen LogP contribution in [-0.2, 0) is 10.2 Å². The average molecular weight is 307 g/mol. The number of piperidine rings is 1. The molecule has 1 aliphatic rings. The molecule has 1 aliphatic heterocycles. The molecule has 1 heterocycles. The lowest BCUT2D eigenvalue weighted by atomic mass is 10.2. The third-order valence-corrected chi connectivity index (χ3v) is 5.35. The van der Waals surface area contributed by atoms with E-state index in [9.17, 15) is 8.42 Å². The van der Waals surface area contributed by atoms with Gasteiger partial charge in [-0.2, -0.15) is 17.0 Å². The van der Waals surface area contributed by atoms with Gasteiger partial charge in [-0.15, -0.1) is 0 Å². The lowest BCUT2D eigenvalue weighted by Crippen LogP contribution is -2.47. The van der Waals surface area contributed by atoms with Gasteiger partial charge < -0.3 is 5.73 Å². The topological polar surface area (TPSA) is 66.6 Å². The molecule has 0 amide bonds. The Morgan fingerprint density at radius 2 is 1.89 bits per heavy atom. The Balaban J connectivity index is 2.77. The zero-order valence-electron chi connectivity index (χ0n) is 11.8. The van der Waals surface area contributed by atoms with E-state index in [-0.39, 0.29) is 5.92 Å². The normalized spacial score (nSPS) is 18.1. The van der Waals surface area contributed by atoms with Crippen molar-refractivity contribution in [1.82, 2.24) is 8.61 Å². The highest BCUT2D eigenvalue weighted by molar-refractivity contribution is 7.86. The largest absolute Gasteiger partial charge is 0.393 e. The van der Waals surface area contributed by atoms with E-state index < -0.39 is 10.2 Å². The van der Waals surface area contributed by atoms with Gasteiger partial charge in [-0.05, 0) is 18.8 Å². The summed E-state index contributed by atoms with van der Waals surface area (Å²) in [6.07, 6.45) is 3.45. The van der Waals surface area contributed by atoms with E-state index in [2.05, 4.69) is 0 Å². The van der Waals surface area contributed by atoms with Crippen molar-refractivity contribution < 1.29 is 8.42 Å². The maximum Gasteiger partial charge on any atom is 0.281 e. The molecular formula is C12H25N3O2S2. The molecule has 2 N–H and O–H groups in total. The highest BCUT2D eigenvalue weighted by Crippen LogP contribution is 2.18. The van der Waals surface area contributed by atoms with Gasteiger partial charge in [0, 0.05) is 32.6 Å². The summed E-state index contributed by atoms with van der Waals surface area (Å²) in [5.41, 5.74) is 5.49. The predicted octanol–water partition coefficient (Wildman–Crippen LogP) is 1.35. The smallest absolute Gasteiger partial charge is 0.281 e. The average Bonchev–Trinajstić information content (AvgIpc) is 2.34. The Kier molecular flexibility index (Phi) is 6.65. The summed E-state index contributed by atoms with van der Waals surface area (Å²) in [6.45, 7) is 6.18. The number of rotatable bonds is 7. The van der Waals surface area contributed by atoms with Crippen molar-refractivity contribution in [2.75, 3.05) is 26.2 Å². The first-order chi connectivity index (χ1) is 8.84. The number of hydrogen-bond donors (Lipinski definition) is 1. The highest BCUT2D eigenvalue weighted by Gasteiger charge is 2.30. The molecule has 0 aromatic rings. The number of nitrogens with zero attached hydrogens (tertiary/aromatic N) is 2. The quantitative estimate of drug-likeness (QED) is 0.721. The van der Waals surface area contributed by atoms with Crippen LogP contribution < -0.4 is 5.73 Å². The molecule has 0 spiro atoms. The lowest BCUT2D eigenvalue weighted by molar-refractivity contribution is 0.292. The molecule has 0 radical (unpaired) electrons. The Bertz CT molecular complexity index is 390. The van der Waals surface area contributed by atoms with Gasteiger partial charge in [-0.3, -0.25) is 0 Å². The summed E-state index contributed by atoms with van der Waals surface area (Å²) in [6, 6.07) is 0. The van der Waals surface area contributed by atoms with Crippen LogP contribution in [0.2, 0.25) is 0 Å². The minimum Gasteiger partial charge on any atom is -0.393 e. The summed E-state index contributed by atoms with van der Waals surface area (Å²) in [7, 11) is -3.36. The van der Waals surface area contributed by atoms with Crippen LogP contribution in [0.5, 0.6) is 0 Å². The van der Waals surface area contributed by atoms with Crippen molar-refractivity contribution in [3.63, 3.8) is 0 Å². The fourth-order valence-electron chi connectivity index (χ4n) is 2.20. The van der Waals surface area contributed by atoms with Crippen molar-refractivity contribution in [2.24, 2.45) is 11.7 Å². The molecule has 5 nitrogen and oxygen atoms in total. The molecule has 0 unspecified atom stereocenters. The lowest BCUT2D eigenvalue weighted by Gasteiger charge is -2.32. The fourth-order valence-corrected chi connectivity index (χ4v) is 4.15. The second-order valence-corrected chi connectivity index (χ2v) is 7.89. The first kappa shape index (κ1) is 16.8. The summed E-state index contributed by atoms with van der Waals surface area (Å²) < 4.78 is 28.3. The first-order valence-electron chi connectivity index (χ1n) is 6.87. The zero-order chi connectivity index (χ0) is 14.5. The molecule has 1 fully saturated rings. The van der Waals surface area contributed by atoms with E-state index in [1.807, 2.05) is 13.8 Å². The van der Waals surface area contributed by atoms with Gasteiger partial charge >= 0.3 is 0 Å². The van der Waals surface area contributed by atoms with E-state index in [4.69, 9.17) is 18.0 Å². The number of hydrogen-bond acceptors (Lipinski definition) is 3. The minimum absolute atomic E-state index is 0.283. The van der Waals surface area contributed by atoms with Crippen LogP contribution in [0.3, 0.4) is 0 Å². The molecule has 0 bridgehead atoms. The van der Waals surface area contributed by atoms with Crippen molar-refractivity contribution >= 4 is 27.4 Å². The summed E-state index contributed by atoms with van der Waals surface area (Å²) >= 11 is 4.85. The van der Waals surface area contributed by atoms with Gasteiger partial charge in [0.05, 0.1) is 4.99 Å². The molecule has 1 rings (SSSR count). The van der Waals surface area contributed by atoms with Gasteiger partial charge in [0.1, 0.15) is 0 Å². The molecule has 112 valence electrons. The van der Waals surface area contributed by atoms with Gasteiger partial charge in [-0.1, -0.05) is 32.5 Å². The minimum atomic E-state index is -3.36. The number of thiocarbonyl (C=S) groups is 1. The molecule has 0 saturated carbocycles. The first-order valence-corrected chi connectivity index (χ1v) is 8.68. The van der Waals surface area contributed by atoms with Crippen LogP contribution in [0, 0.1) is 5.92 Å². The molecule has 0 aromatic carbocycles. The van der Waals surface area contributed by atoms with E-state index in [0.717, 1.165) is 19.3 Å². The fraction of sp³-hybridized carbons (Fsp3) is 0.917. The molecule has 19 heavy (non-hydrogen) atoms. The van der Waals surface area contributed by atoms with Gasteiger partial charge in [0.15, 0.2) is 0 Å². The molecule has 1 saturated heterocycles. The van der Waals surface area contributed by atoms with E-state index >= 15 is 0 Å². The second kappa shape index (κ2) is 7.52. The maximum atomic E-state index is 12.6. The highest BCUT2D eigenvalue weighted by atomic mass is 32.2. The second-order valence-electron chi connectivity index (χ2n) is 5.44. The van der Waals surface area contributed by atoms with Gasteiger partial charge in [-0.25, -0.2) is 0 Å². The SMILES string of the molecule is CC(C)CN(CCC(N)=S)S(=O)(=O)N1CCCCC1. The monoisotopic (exact) mass is 307 g/mol. The maximum absolute atomic E-state index is 12.6. The van der Waals surface area contributed by atoms with Crippen LogP contribution in [0.25, 0.3) is 0 Å². The van der Waals surface area contributed by atoms with Crippen LogP contribution in [0.15, 0.2) is 0 Å². The molecule has 0 atom stereocenters. The molecule has 0 aromatic heterocycles. The van der Waals surface area contributed by atoms with Gasteiger partial charge in [0.25, 0.3) is 10.2 Å². The summed E-state index contributed by atoms with van der Waals surface area (Å²) in [5, 5.41) is 0. The molecule has 0 aliphatic carbocycles.